The van der Waals surface area contributed by atoms with E-state index in [9.17, 15) is 9.59 Å². The van der Waals surface area contributed by atoms with Crippen molar-refractivity contribution in [3.8, 4) is 0 Å². The summed E-state index contributed by atoms with van der Waals surface area (Å²) in [6.45, 7) is 3.24. The van der Waals surface area contributed by atoms with E-state index in [0.717, 1.165) is 25.0 Å². The fourth-order valence-corrected chi connectivity index (χ4v) is 2.20. The van der Waals surface area contributed by atoms with Gasteiger partial charge in [-0.25, -0.2) is 4.79 Å². The van der Waals surface area contributed by atoms with Crippen molar-refractivity contribution in [2.45, 2.75) is 38.5 Å². The van der Waals surface area contributed by atoms with E-state index in [-0.39, 0.29) is 17.6 Å². The van der Waals surface area contributed by atoms with Crippen molar-refractivity contribution >= 4 is 11.9 Å². The average molecular weight is 307 g/mol. The van der Waals surface area contributed by atoms with E-state index < -0.39 is 12.1 Å². The number of carboxylic acids is 1. The second-order valence-corrected chi connectivity index (χ2v) is 5.33. The van der Waals surface area contributed by atoms with E-state index in [1.165, 1.54) is 12.1 Å². The Morgan fingerprint density at radius 3 is 2.73 bits per heavy atom. The first kappa shape index (κ1) is 16.5. The highest BCUT2D eigenvalue weighted by molar-refractivity contribution is 5.87. The molecule has 0 aliphatic carbocycles. The molecule has 0 spiro atoms. The molecule has 1 fully saturated rings. The molecule has 1 aliphatic rings. The summed E-state index contributed by atoms with van der Waals surface area (Å²) >= 11 is 0. The number of hydrogen-bond donors (Lipinski definition) is 2. The standard InChI is InChI=1S/C16H21NO5/c1-11(22-10-14-3-2-8-21-14)15(18)17-9-12-4-6-13(7-5-12)16(19)20/h4-7,11,14H,2-3,8-10H2,1H3,(H,17,18)(H,19,20). The van der Waals surface area contributed by atoms with Gasteiger partial charge in [-0.1, -0.05) is 12.1 Å². The molecule has 2 atom stereocenters. The summed E-state index contributed by atoms with van der Waals surface area (Å²) in [5, 5.41) is 11.6. The number of rotatable bonds is 7. The van der Waals surface area contributed by atoms with Gasteiger partial charge in [0.2, 0.25) is 5.91 Å². The molecule has 1 amide bonds. The van der Waals surface area contributed by atoms with Gasteiger partial charge in [0.25, 0.3) is 0 Å². The Morgan fingerprint density at radius 2 is 2.14 bits per heavy atom. The molecular weight excluding hydrogens is 286 g/mol. The molecule has 0 aromatic heterocycles. The molecule has 2 N–H and O–H groups in total. The van der Waals surface area contributed by atoms with Gasteiger partial charge in [0.15, 0.2) is 0 Å². The summed E-state index contributed by atoms with van der Waals surface area (Å²) in [7, 11) is 0. The molecule has 2 rings (SSSR count). The van der Waals surface area contributed by atoms with Crippen LogP contribution in [-0.2, 0) is 20.8 Å². The van der Waals surface area contributed by atoms with Gasteiger partial charge >= 0.3 is 5.97 Å². The minimum Gasteiger partial charge on any atom is -0.478 e. The second kappa shape index (κ2) is 7.91. The third kappa shape index (κ3) is 4.82. The average Bonchev–Trinajstić information content (AvgIpc) is 3.04. The molecule has 22 heavy (non-hydrogen) atoms. The first-order valence-corrected chi connectivity index (χ1v) is 7.39. The van der Waals surface area contributed by atoms with Crippen LogP contribution in [0.25, 0.3) is 0 Å². The van der Waals surface area contributed by atoms with E-state index in [4.69, 9.17) is 14.6 Å². The van der Waals surface area contributed by atoms with Crippen molar-refractivity contribution in [1.29, 1.82) is 0 Å². The summed E-state index contributed by atoms with van der Waals surface area (Å²) < 4.78 is 11.0. The number of aromatic carboxylic acids is 1. The molecule has 6 nitrogen and oxygen atoms in total. The van der Waals surface area contributed by atoms with Crippen molar-refractivity contribution in [2.24, 2.45) is 0 Å². The normalized spacial score (nSPS) is 18.9. The third-order valence-corrected chi connectivity index (χ3v) is 3.59. The number of hydrogen-bond acceptors (Lipinski definition) is 4. The lowest BCUT2D eigenvalue weighted by molar-refractivity contribution is -0.133. The zero-order valence-electron chi connectivity index (χ0n) is 12.6. The van der Waals surface area contributed by atoms with Crippen molar-refractivity contribution < 1.29 is 24.2 Å². The van der Waals surface area contributed by atoms with Crippen LogP contribution in [-0.4, -0.2) is 42.4 Å². The Kier molecular flexibility index (Phi) is 5.91. The summed E-state index contributed by atoms with van der Waals surface area (Å²) in [5.74, 6) is -1.16. The Bertz CT molecular complexity index is 508. The molecule has 1 aliphatic heterocycles. The van der Waals surface area contributed by atoms with Gasteiger partial charge in [-0.15, -0.1) is 0 Å². The molecule has 0 radical (unpaired) electrons. The van der Waals surface area contributed by atoms with Crippen LogP contribution in [0.15, 0.2) is 24.3 Å². The summed E-state index contributed by atoms with van der Waals surface area (Å²) in [6.07, 6.45) is 1.58. The molecular formula is C16H21NO5. The van der Waals surface area contributed by atoms with E-state index >= 15 is 0 Å². The van der Waals surface area contributed by atoms with E-state index in [1.54, 1.807) is 19.1 Å². The van der Waals surface area contributed by atoms with Gasteiger partial charge in [0.05, 0.1) is 18.3 Å². The summed E-state index contributed by atoms with van der Waals surface area (Å²) in [5.41, 5.74) is 1.06. The number of carbonyl (C=O) groups is 2. The molecule has 1 heterocycles. The number of amides is 1. The quantitative estimate of drug-likeness (QED) is 0.799. The second-order valence-electron chi connectivity index (χ2n) is 5.33. The van der Waals surface area contributed by atoms with Gasteiger partial charge in [-0.2, -0.15) is 0 Å². The molecule has 0 saturated carbocycles. The SMILES string of the molecule is CC(OCC1CCCO1)C(=O)NCc1ccc(C(=O)O)cc1. The molecule has 0 bridgehead atoms. The van der Waals surface area contributed by atoms with Crippen LogP contribution in [0.2, 0.25) is 0 Å². The van der Waals surface area contributed by atoms with Crippen LogP contribution in [0.5, 0.6) is 0 Å². The summed E-state index contributed by atoms with van der Waals surface area (Å²) in [4.78, 5) is 22.7. The van der Waals surface area contributed by atoms with Crippen LogP contribution >= 0.6 is 0 Å². The Labute approximate surface area is 129 Å². The zero-order valence-corrected chi connectivity index (χ0v) is 12.6. The van der Waals surface area contributed by atoms with Crippen LogP contribution in [0.1, 0.15) is 35.7 Å². The maximum atomic E-state index is 11.9. The number of nitrogens with one attached hydrogen (secondary N) is 1. The van der Waals surface area contributed by atoms with Crippen molar-refractivity contribution in [2.75, 3.05) is 13.2 Å². The van der Waals surface area contributed by atoms with E-state index in [2.05, 4.69) is 5.32 Å². The van der Waals surface area contributed by atoms with E-state index in [1.807, 2.05) is 0 Å². The first-order chi connectivity index (χ1) is 10.6. The van der Waals surface area contributed by atoms with Crippen LogP contribution < -0.4 is 5.32 Å². The number of benzene rings is 1. The highest BCUT2D eigenvalue weighted by Crippen LogP contribution is 2.12. The van der Waals surface area contributed by atoms with Crippen molar-refractivity contribution in [3.63, 3.8) is 0 Å². The predicted molar refractivity (Wildman–Crippen MR) is 79.6 cm³/mol. The van der Waals surface area contributed by atoms with Gasteiger partial charge in [-0.05, 0) is 37.5 Å². The van der Waals surface area contributed by atoms with Crippen molar-refractivity contribution in [3.05, 3.63) is 35.4 Å². The van der Waals surface area contributed by atoms with Gasteiger partial charge in [0, 0.05) is 13.2 Å². The molecule has 2 unspecified atom stereocenters. The molecule has 1 aromatic rings. The predicted octanol–water partition coefficient (Wildman–Crippen LogP) is 1.59. The maximum absolute atomic E-state index is 11.9. The largest absolute Gasteiger partial charge is 0.478 e. The Morgan fingerprint density at radius 1 is 1.41 bits per heavy atom. The molecule has 120 valence electrons. The summed E-state index contributed by atoms with van der Waals surface area (Å²) in [6, 6.07) is 6.39. The van der Waals surface area contributed by atoms with Crippen LogP contribution in [0, 0.1) is 0 Å². The topological polar surface area (TPSA) is 84.9 Å². The first-order valence-electron chi connectivity index (χ1n) is 7.39. The Balaban J connectivity index is 1.72. The van der Waals surface area contributed by atoms with E-state index in [0.29, 0.717) is 13.2 Å². The number of carboxylic acid groups (broad SMARTS) is 1. The lowest BCUT2D eigenvalue weighted by Crippen LogP contribution is -2.35. The minimum atomic E-state index is -0.966. The monoisotopic (exact) mass is 307 g/mol. The number of ether oxygens (including phenoxy) is 2. The van der Waals surface area contributed by atoms with Crippen molar-refractivity contribution in [1.82, 2.24) is 5.32 Å². The maximum Gasteiger partial charge on any atom is 0.335 e. The van der Waals surface area contributed by atoms with Gasteiger partial charge in [-0.3, -0.25) is 4.79 Å². The van der Waals surface area contributed by atoms with Crippen LogP contribution in [0.4, 0.5) is 0 Å². The van der Waals surface area contributed by atoms with Gasteiger partial charge < -0.3 is 19.9 Å². The minimum absolute atomic E-state index is 0.0961. The highest BCUT2D eigenvalue weighted by Gasteiger charge is 2.19. The lowest BCUT2D eigenvalue weighted by atomic mass is 10.1. The van der Waals surface area contributed by atoms with Gasteiger partial charge in [0.1, 0.15) is 6.10 Å². The fraction of sp³-hybridized carbons (Fsp3) is 0.500. The zero-order chi connectivity index (χ0) is 15.9. The molecule has 6 heteroatoms. The smallest absolute Gasteiger partial charge is 0.335 e. The van der Waals surface area contributed by atoms with Crippen LogP contribution in [0.3, 0.4) is 0 Å². The Hall–Kier alpha value is -1.92. The lowest BCUT2D eigenvalue weighted by Gasteiger charge is -2.16. The highest BCUT2D eigenvalue weighted by atomic mass is 16.5. The number of carbonyl (C=O) groups excluding carboxylic acids is 1. The fourth-order valence-electron chi connectivity index (χ4n) is 2.20. The third-order valence-electron chi connectivity index (χ3n) is 3.59. The molecule has 1 saturated heterocycles. The molecule has 1 aromatic carbocycles.